The summed E-state index contributed by atoms with van der Waals surface area (Å²) in [5.74, 6) is 0.855. The van der Waals surface area contributed by atoms with E-state index in [-0.39, 0.29) is 41.9 Å². The Bertz CT molecular complexity index is 626. The normalized spacial score (nSPS) is 16.6. The molecule has 8 nitrogen and oxygen atoms in total. The molecule has 0 spiro atoms. The monoisotopic (exact) mass is 506 g/mol. The molecule has 0 amide bonds. The second kappa shape index (κ2) is 12.3. The molecular weight excluding hydrogens is 471 g/mol. The molecule has 9 heteroatoms. The third-order valence-corrected chi connectivity index (χ3v) is 4.90. The molecular formula is C19H35IN6O2. The van der Waals surface area contributed by atoms with Gasteiger partial charge in [0.05, 0.1) is 31.3 Å². The second-order valence-corrected chi connectivity index (χ2v) is 7.13. The fourth-order valence-corrected chi connectivity index (χ4v) is 3.36. The van der Waals surface area contributed by atoms with Crippen molar-refractivity contribution in [3.63, 3.8) is 0 Å². The van der Waals surface area contributed by atoms with Crippen molar-refractivity contribution in [2.45, 2.75) is 32.7 Å². The predicted molar refractivity (Wildman–Crippen MR) is 122 cm³/mol. The van der Waals surface area contributed by atoms with Crippen molar-refractivity contribution in [1.29, 1.82) is 0 Å². The number of nitrogens with one attached hydrogen (secondary N) is 1. The lowest BCUT2D eigenvalue weighted by atomic mass is 9.97. The molecule has 0 saturated carbocycles. The Hall–Kier alpha value is -1.36. The summed E-state index contributed by atoms with van der Waals surface area (Å²) in [6, 6.07) is 0.171. The molecule has 2 heterocycles. The van der Waals surface area contributed by atoms with Crippen LogP contribution in [0.5, 0.6) is 0 Å². The van der Waals surface area contributed by atoms with Gasteiger partial charge in [0.1, 0.15) is 0 Å². The molecule has 1 unspecified atom stereocenters. The highest BCUT2D eigenvalue weighted by Gasteiger charge is 2.27. The summed E-state index contributed by atoms with van der Waals surface area (Å²) >= 11 is 0. The predicted octanol–water partition coefficient (Wildman–Crippen LogP) is 1.88. The number of rotatable bonds is 7. The first-order chi connectivity index (χ1) is 13.0. The number of guanidine groups is 1. The van der Waals surface area contributed by atoms with Crippen LogP contribution in [-0.4, -0.2) is 78.4 Å². The number of hydrogen-bond acceptors (Lipinski definition) is 5. The van der Waals surface area contributed by atoms with Crippen LogP contribution < -0.4 is 5.32 Å². The number of likely N-dealkylation sites (tertiary alicyclic amines) is 1. The van der Waals surface area contributed by atoms with E-state index in [0.29, 0.717) is 13.2 Å². The van der Waals surface area contributed by atoms with Crippen molar-refractivity contribution in [2.24, 2.45) is 18.0 Å². The Morgan fingerprint density at radius 1 is 1.39 bits per heavy atom. The van der Waals surface area contributed by atoms with Gasteiger partial charge in [0.2, 0.25) is 0 Å². The number of halogens is 1. The van der Waals surface area contributed by atoms with Crippen LogP contribution in [0.4, 0.5) is 0 Å². The number of likely N-dealkylation sites (N-methyl/N-ethyl adjacent to an activating group) is 1. The molecule has 1 saturated heterocycles. The van der Waals surface area contributed by atoms with Crippen molar-refractivity contribution < 1.29 is 9.53 Å². The third-order valence-electron chi connectivity index (χ3n) is 4.90. The maximum absolute atomic E-state index is 11.9. The molecule has 28 heavy (non-hydrogen) atoms. The van der Waals surface area contributed by atoms with Gasteiger partial charge in [0.15, 0.2) is 5.96 Å². The van der Waals surface area contributed by atoms with Crippen LogP contribution in [0.2, 0.25) is 0 Å². The van der Waals surface area contributed by atoms with E-state index >= 15 is 0 Å². The molecule has 1 fully saturated rings. The fourth-order valence-electron chi connectivity index (χ4n) is 3.36. The topological polar surface area (TPSA) is 75.0 Å². The Balaban J connectivity index is 0.00000392. The first kappa shape index (κ1) is 24.7. The zero-order valence-corrected chi connectivity index (χ0v) is 20.1. The summed E-state index contributed by atoms with van der Waals surface area (Å²) < 4.78 is 6.98. The number of aryl methyl sites for hydroxylation is 1. The average Bonchev–Trinajstić information content (AvgIpc) is 3.07. The van der Waals surface area contributed by atoms with Crippen LogP contribution in [-0.2, 0) is 16.6 Å². The zero-order valence-electron chi connectivity index (χ0n) is 17.7. The van der Waals surface area contributed by atoms with Crippen molar-refractivity contribution in [3.8, 4) is 0 Å². The standard InChI is InChI=1S/C19H34N6O2.HI/c1-6-20-19(25-10-8-15(9-11-25)18(26)27-7-2)21-13-17(23(3)4)16-12-22-24(5)14-16;/h12,14-15,17H,6-11,13H2,1-5H3,(H,20,21);1H. The fraction of sp³-hybridized carbons (Fsp3) is 0.737. The first-order valence-corrected chi connectivity index (χ1v) is 9.81. The highest BCUT2D eigenvalue weighted by molar-refractivity contribution is 14.0. The molecule has 1 aliphatic rings. The van der Waals surface area contributed by atoms with E-state index in [1.54, 1.807) is 0 Å². The number of esters is 1. The van der Waals surface area contributed by atoms with Crippen LogP contribution in [0.1, 0.15) is 38.3 Å². The Labute approximate surface area is 185 Å². The van der Waals surface area contributed by atoms with E-state index in [4.69, 9.17) is 9.73 Å². The van der Waals surface area contributed by atoms with Crippen LogP contribution in [0.15, 0.2) is 17.4 Å². The van der Waals surface area contributed by atoms with E-state index in [1.807, 2.05) is 31.0 Å². The number of carbonyl (C=O) groups is 1. The van der Waals surface area contributed by atoms with Gasteiger partial charge in [-0.1, -0.05) is 0 Å². The van der Waals surface area contributed by atoms with Crippen LogP contribution in [0, 0.1) is 5.92 Å². The van der Waals surface area contributed by atoms with Gasteiger partial charge in [0, 0.05) is 38.4 Å². The van der Waals surface area contributed by atoms with E-state index in [0.717, 1.165) is 44.0 Å². The lowest BCUT2D eigenvalue weighted by molar-refractivity contribution is -0.149. The smallest absolute Gasteiger partial charge is 0.309 e. The van der Waals surface area contributed by atoms with E-state index in [1.165, 1.54) is 0 Å². The minimum atomic E-state index is -0.0664. The number of carbonyl (C=O) groups excluding carboxylic acids is 1. The van der Waals surface area contributed by atoms with Crippen LogP contribution in [0.3, 0.4) is 0 Å². The molecule has 0 radical (unpaired) electrons. The lowest BCUT2D eigenvalue weighted by Gasteiger charge is -2.33. The molecule has 1 aromatic rings. The first-order valence-electron chi connectivity index (χ1n) is 9.81. The summed E-state index contributed by atoms with van der Waals surface area (Å²) in [5, 5.41) is 7.68. The summed E-state index contributed by atoms with van der Waals surface area (Å²) in [7, 11) is 6.05. The van der Waals surface area contributed by atoms with Crippen molar-refractivity contribution >= 4 is 35.9 Å². The highest BCUT2D eigenvalue weighted by Crippen LogP contribution is 2.20. The summed E-state index contributed by atoms with van der Waals surface area (Å²) in [6.07, 6.45) is 5.56. The molecule has 1 N–H and O–H groups in total. The van der Waals surface area contributed by atoms with Crippen molar-refractivity contribution in [3.05, 3.63) is 18.0 Å². The average molecular weight is 506 g/mol. The molecule has 1 aromatic heterocycles. The maximum Gasteiger partial charge on any atom is 0.309 e. The second-order valence-electron chi connectivity index (χ2n) is 7.13. The number of aliphatic imine (C=N–C) groups is 1. The van der Waals surface area contributed by atoms with E-state index < -0.39 is 0 Å². The van der Waals surface area contributed by atoms with Gasteiger partial charge in [-0.25, -0.2) is 0 Å². The number of ether oxygens (including phenoxy) is 1. The largest absolute Gasteiger partial charge is 0.466 e. The molecule has 0 aromatic carbocycles. The number of hydrogen-bond donors (Lipinski definition) is 1. The molecule has 0 bridgehead atoms. The van der Waals surface area contributed by atoms with Gasteiger partial charge in [-0.15, -0.1) is 24.0 Å². The van der Waals surface area contributed by atoms with Crippen LogP contribution >= 0.6 is 24.0 Å². The van der Waals surface area contributed by atoms with Gasteiger partial charge in [-0.05, 0) is 40.8 Å². The molecule has 160 valence electrons. The SMILES string of the molecule is CCNC(=NCC(c1cnn(C)c1)N(C)C)N1CCC(C(=O)OCC)CC1.I. The summed E-state index contributed by atoms with van der Waals surface area (Å²) in [6.45, 7) is 7.47. The van der Waals surface area contributed by atoms with Crippen molar-refractivity contribution in [1.82, 2.24) is 24.9 Å². The lowest BCUT2D eigenvalue weighted by Crippen LogP contribution is -2.47. The quantitative estimate of drug-likeness (QED) is 0.264. The van der Waals surface area contributed by atoms with E-state index in [2.05, 4.69) is 41.2 Å². The molecule has 1 atom stereocenters. The van der Waals surface area contributed by atoms with Gasteiger partial charge in [-0.2, -0.15) is 5.10 Å². The number of nitrogens with zero attached hydrogens (tertiary/aromatic N) is 5. The number of piperidine rings is 1. The summed E-state index contributed by atoms with van der Waals surface area (Å²) in [4.78, 5) is 21.2. The van der Waals surface area contributed by atoms with Gasteiger partial charge < -0.3 is 19.9 Å². The summed E-state index contributed by atoms with van der Waals surface area (Å²) in [5.41, 5.74) is 1.16. The van der Waals surface area contributed by atoms with Gasteiger partial charge >= 0.3 is 5.97 Å². The molecule has 1 aliphatic heterocycles. The minimum Gasteiger partial charge on any atom is -0.466 e. The highest BCUT2D eigenvalue weighted by atomic mass is 127. The molecule has 0 aliphatic carbocycles. The van der Waals surface area contributed by atoms with Gasteiger partial charge in [0.25, 0.3) is 0 Å². The Morgan fingerprint density at radius 3 is 2.57 bits per heavy atom. The Morgan fingerprint density at radius 2 is 2.07 bits per heavy atom. The zero-order chi connectivity index (χ0) is 19.8. The van der Waals surface area contributed by atoms with Crippen molar-refractivity contribution in [2.75, 3.05) is 46.9 Å². The van der Waals surface area contributed by atoms with Crippen LogP contribution in [0.25, 0.3) is 0 Å². The third kappa shape index (κ3) is 6.91. The molecule has 2 rings (SSSR count). The Kier molecular flexibility index (Phi) is 10.8. The number of aromatic nitrogens is 2. The van der Waals surface area contributed by atoms with E-state index in [9.17, 15) is 4.79 Å². The maximum atomic E-state index is 11.9. The minimum absolute atomic E-state index is 0. The van der Waals surface area contributed by atoms with Gasteiger partial charge in [-0.3, -0.25) is 14.5 Å².